The highest BCUT2D eigenvalue weighted by Gasteiger charge is 2.19. The summed E-state index contributed by atoms with van der Waals surface area (Å²) in [5.41, 5.74) is 1.35. The molecule has 4 aromatic rings. The molecule has 2 aromatic heterocycles. The first-order valence-electron chi connectivity index (χ1n) is 9.99. The average molecular weight is 438 g/mol. The zero-order valence-electron chi connectivity index (χ0n) is 17.5. The molecular weight excluding hydrogens is 414 g/mol. The smallest absolute Gasteiger partial charge is 0.351 e. The Labute approximate surface area is 183 Å². The van der Waals surface area contributed by atoms with Crippen LogP contribution in [0.25, 0.3) is 16.7 Å². The Morgan fingerprint density at radius 1 is 1.23 bits per heavy atom. The van der Waals surface area contributed by atoms with Gasteiger partial charge in [0.1, 0.15) is 17.3 Å². The Kier molecular flexibility index (Phi) is 5.94. The number of rotatable bonds is 7. The predicted octanol–water partition coefficient (Wildman–Crippen LogP) is 3.12. The third-order valence-corrected chi connectivity index (χ3v) is 5.90. The van der Waals surface area contributed by atoms with Crippen LogP contribution >= 0.6 is 11.8 Å². The van der Waals surface area contributed by atoms with E-state index in [0.29, 0.717) is 21.7 Å². The van der Waals surface area contributed by atoms with Crippen molar-refractivity contribution in [3.63, 3.8) is 0 Å². The second-order valence-electron chi connectivity index (χ2n) is 7.16. The number of benzene rings is 2. The third kappa shape index (κ3) is 4.27. The molecule has 1 amide bonds. The van der Waals surface area contributed by atoms with Crippen LogP contribution in [0.2, 0.25) is 0 Å². The van der Waals surface area contributed by atoms with Gasteiger partial charge in [-0.1, -0.05) is 36.9 Å². The van der Waals surface area contributed by atoms with E-state index in [-0.39, 0.29) is 24.2 Å². The molecule has 1 atom stereocenters. The van der Waals surface area contributed by atoms with E-state index in [0.717, 1.165) is 17.1 Å². The molecule has 1 unspecified atom stereocenters. The van der Waals surface area contributed by atoms with Gasteiger partial charge in [0, 0.05) is 10.9 Å². The molecular formula is C22H23N5O3S. The quantitative estimate of drug-likeness (QED) is 0.478. The van der Waals surface area contributed by atoms with Crippen LogP contribution in [0.1, 0.15) is 20.3 Å². The van der Waals surface area contributed by atoms with Crippen molar-refractivity contribution in [2.45, 2.75) is 42.8 Å². The van der Waals surface area contributed by atoms with Gasteiger partial charge in [0.15, 0.2) is 5.65 Å². The minimum atomic E-state index is -0.375. The first-order valence-corrected chi connectivity index (χ1v) is 10.8. The summed E-state index contributed by atoms with van der Waals surface area (Å²) in [6.45, 7) is 3.76. The Morgan fingerprint density at radius 3 is 2.81 bits per heavy atom. The van der Waals surface area contributed by atoms with Gasteiger partial charge in [-0.05, 0) is 43.7 Å². The molecule has 0 aliphatic heterocycles. The summed E-state index contributed by atoms with van der Waals surface area (Å²) in [6, 6.07) is 15.0. The average Bonchev–Trinajstić information content (AvgIpc) is 3.10. The van der Waals surface area contributed by atoms with Gasteiger partial charge in [-0.25, -0.2) is 18.9 Å². The Morgan fingerprint density at radius 2 is 2.03 bits per heavy atom. The van der Waals surface area contributed by atoms with Crippen molar-refractivity contribution < 1.29 is 9.53 Å². The van der Waals surface area contributed by atoms with Gasteiger partial charge in [0.2, 0.25) is 5.91 Å². The van der Waals surface area contributed by atoms with Gasteiger partial charge in [-0.15, -0.1) is 5.10 Å². The van der Waals surface area contributed by atoms with Crippen molar-refractivity contribution in [3.05, 3.63) is 59.0 Å². The first kappa shape index (κ1) is 20.9. The summed E-state index contributed by atoms with van der Waals surface area (Å²) in [7, 11) is 1.61. The number of hydrogen-bond donors (Lipinski definition) is 1. The maximum absolute atomic E-state index is 13.2. The lowest BCUT2D eigenvalue weighted by atomic mass is 10.2. The second-order valence-corrected chi connectivity index (χ2v) is 8.22. The molecule has 2 aromatic carbocycles. The van der Waals surface area contributed by atoms with Gasteiger partial charge in [-0.2, -0.15) is 0 Å². The lowest BCUT2D eigenvalue weighted by Crippen LogP contribution is -2.37. The van der Waals surface area contributed by atoms with Gasteiger partial charge in [-0.3, -0.25) is 4.79 Å². The summed E-state index contributed by atoms with van der Waals surface area (Å²) >= 11 is 1.39. The Balaban J connectivity index is 1.82. The van der Waals surface area contributed by atoms with Gasteiger partial charge in [0.05, 0.1) is 18.1 Å². The van der Waals surface area contributed by atoms with E-state index in [2.05, 4.69) is 10.4 Å². The number of methoxy groups -OCH3 is 1. The number of carbonyl (C=O) groups excluding carboxylic acids is 1. The molecule has 1 N–H and O–H groups in total. The van der Waals surface area contributed by atoms with Gasteiger partial charge in [0.25, 0.3) is 0 Å². The number of fused-ring (bicyclic) bond motifs is 3. The second kappa shape index (κ2) is 8.81. The number of nitrogens with zero attached hydrogens (tertiary/aromatic N) is 4. The van der Waals surface area contributed by atoms with Crippen LogP contribution < -0.4 is 15.7 Å². The van der Waals surface area contributed by atoms with Crippen LogP contribution in [0.3, 0.4) is 0 Å². The molecule has 4 rings (SSSR count). The lowest BCUT2D eigenvalue weighted by Gasteiger charge is -2.10. The molecule has 160 valence electrons. The van der Waals surface area contributed by atoms with E-state index in [1.165, 1.54) is 20.8 Å². The maximum atomic E-state index is 13.2. The molecule has 0 spiro atoms. The molecule has 0 aliphatic carbocycles. The molecule has 0 saturated heterocycles. The Bertz CT molecular complexity index is 1310. The molecule has 31 heavy (non-hydrogen) atoms. The molecule has 2 heterocycles. The fourth-order valence-electron chi connectivity index (χ4n) is 3.18. The van der Waals surface area contributed by atoms with Gasteiger partial charge >= 0.3 is 5.69 Å². The number of amides is 1. The number of ether oxygens (including phenoxy) is 1. The number of hydrogen-bond acceptors (Lipinski definition) is 6. The minimum Gasteiger partial charge on any atom is -0.497 e. The zero-order valence-corrected chi connectivity index (χ0v) is 18.3. The van der Waals surface area contributed by atoms with Crippen LogP contribution in [0.15, 0.2) is 63.2 Å². The van der Waals surface area contributed by atoms with E-state index in [9.17, 15) is 9.59 Å². The van der Waals surface area contributed by atoms with Crippen molar-refractivity contribution in [2.24, 2.45) is 0 Å². The third-order valence-electron chi connectivity index (χ3n) is 4.94. The number of nitrogens with one attached hydrogen (secondary N) is 1. The molecule has 0 fully saturated rings. The van der Waals surface area contributed by atoms with Crippen molar-refractivity contribution in [2.75, 3.05) is 7.11 Å². The largest absolute Gasteiger partial charge is 0.497 e. The van der Waals surface area contributed by atoms with Gasteiger partial charge < -0.3 is 10.1 Å². The van der Waals surface area contributed by atoms with Crippen molar-refractivity contribution in [1.82, 2.24) is 24.5 Å². The van der Waals surface area contributed by atoms with E-state index in [1.807, 2.05) is 62.4 Å². The minimum absolute atomic E-state index is 0.0295. The van der Waals surface area contributed by atoms with E-state index in [4.69, 9.17) is 9.72 Å². The standard InChI is InChI=1S/C22H23N5O3S/c1-4-14(2)23-19(28)13-26-22(29)27-18-11-6-5-10-17(18)24-21(20(27)25-26)31-16-9-7-8-15(12-16)30-3/h5-12,14H,4,13H2,1-3H3,(H,23,28). The number of para-hydroxylation sites is 2. The normalized spacial score (nSPS) is 12.2. The highest BCUT2D eigenvalue weighted by molar-refractivity contribution is 7.99. The molecule has 0 saturated carbocycles. The fraction of sp³-hybridized carbons (Fsp3) is 0.273. The molecule has 9 heteroatoms. The van der Waals surface area contributed by atoms with Crippen LogP contribution in [-0.4, -0.2) is 38.2 Å². The summed E-state index contributed by atoms with van der Waals surface area (Å²) in [4.78, 5) is 31.2. The van der Waals surface area contributed by atoms with Crippen LogP contribution in [-0.2, 0) is 11.3 Å². The van der Waals surface area contributed by atoms with E-state index >= 15 is 0 Å². The summed E-state index contributed by atoms with van der Waals surface area (Å²) < 4.78 is 8.01. The molecule has 0 radical (unpaired) electrons. The molecule has 8 nitrogen and oxygen atoms in total. The maximum Gasteiger partial charge on any atom is 0.351 e. The Hall–Kier alpha value is -3.33. The lowest BCUT2D eigenvalue weighted by molar-refractivity contribution is -0.122. The van der Waals surface area contributed by atoms with Crippen molar-refractivity contribution >= 4 is 34.3 Å². The monoisotopic (exact) mass is 437 g/mol. The van der Waals surface area contributed by atoms with Crippen molar-refractivity contribution in [3.8, 4) is 5.75 Å². The highest BCUT2D eigenvalue weighted by Crippen LogP contribution is 2.32. The van der Waals surface area contributed by atoms with Crippen LogP contribution in [0, 0.1) is 0 Å². The zero-order chi connectivity index (χ0) is 22.0. The van der Waals surface area contributed by atoms with E-state index in [1.54, 1.807) is 7.11 Å². The van der Waals surface area contributed by atoms with Crippen molar-refractivity contribution in [1.29, 1.82) is 0 Å². The van der Waals surface area contributed by atoms with Crippen LogP contribution in [0.5, 0.6) is 5.75 Å². The fourth-order valence-corrected chi connectivity index (χ4v) is 4.09. The number of aromatic nitrogens is 4. The first-order chi connectivity index (χ1) is 15.0. The topological polar surface area (TPSA) is 90.5 Å². The van der Waals surface area contributed by atoms with Crippen LogP contribution in [0.4, 0.5) is 0 Å². The summed E-state index contributed by atoms with van der Waals surface area (Å²) in [6.07, 6.45) is 0.807. The molecule has 0 bridgehead atoms. The summed E-state index contributed by atoms with van der Waals surface area (Å²) in [5, 5.41) is 7.91. The highest BCUT2D eigenvalue weighted by atomic mass is 32.2. The SMILES string of the molecule is CCC(C)NC(=O)Cn1nc2c(Sc3cccc(OC)c3)nc3ccccc3n2c1=O. The number of carbonyl (C=O) groups is 1. The van der Waals surface area contributed by atoms with E-state index < -0.39 is 0 Å². The summed E-state index contributed by atoms with van der Waals surface area (Å²) in [5.74, 6) is 0.477. The molecule has 0 aliphatic rings. The predicted molar refractivity (Wildman–Crippen MR) is 120 cm³/mol.